The maximum Gasteiger partial charge on any atom is 0.236 e. The van der Waals surface area contributed by atoms with Crippen molar-refractivity contribution >= 4 is 23.0 Å². The van der Waals surface area contributed by atoms with E-state index in [2.05, 4.69) is 0 Å². The van der Waals surface area contributed by atoms with Crippen molar-refractivity contribution in [3.8, 4) is 0 Å². The zero-order valence-electron chi connectivity index (χ0n) is 11.2. The summed E-state index contributed by atoms with van der Waals surface area (Å²) in [6.07, 6.45) is 0.929. The second kappa shape index (κ2) is 7.28. The Morgan fingerprint density at radius 1 is 1.28 bits per heavy atom. The molecule has 0 aliphatic heterocycles. The maximum absolute atomic E-state index is 12.0. The average molecular weight is 268 g/mol. The molecule has 1 aromatic heterocycles. The molecule has 0 N–H and O–H groups in total. The lowest BCUT2D eigenvalue weighted by atomic mass is 10.2. The second-order valence-electron chi connectivity index (χ2n) is 4.40. The van der Waals surface area contributed by atoms with Gasteiger partial charge in [0.25, 0.3) is 0 Å². The van der Waals surface area contributed by atoms with Crippen molar-refractivity contribution in [1.29, 1.82) is 0 Å². The van der Waals surface area contributed by atoms with Crippen LogP contribution in [0.1, 0.15) is 23.0 Å². The van der Waals surface area contributed by atoms with Gasteiger partial charge >= 0.3 is 0 Å². The number of carbonyl (C=O) groups excluding carboxylic acids is 2. The van der Waals surface area contributed by atoms with Gasteiger partial charge in [-0.2, -0.15) is 0 Å². The van der Waals surface area contributed by atoms with Crippen LogP contribution in [0.3, 0.4) is 0 Å². The molecule has 0 radical (unpaired) electrons. The largest absolute Gasteiger partial charge is 0.348 e. The number of thiophene rings is 1. The summed E-state index contributed by atoms with van der Waals surface area (Å²) in [6.45, 7) is 3.42. The quantitative estimate of drug-likeness (QED) is 0.707. The fourth-order valence-corrected chi connectivity index (χ4v) is 2.24. The van der Waals surface area contributed by atoms with Crippen molar-refractivity contribution in [2.24, 2.45) is 0 Å². The SMILES string of the molecule is CCCN(CC(=O)c1cccs1)CC(=O)N(C)C. The van der Waals surface area contributed by atoms with Gasteiger partial charge in [-0.25, -0.2) is 0 Å². The first-order chi connectivity index (χ1) is 8.54. The first-order valence-electron chi connectivity index (χ1n) is 6.03. The molecular weight excluding hydrogens is 248 g/mol. The number of carbonyl (C=O) groups is 2. The molecule has 0 unspecified atom stereocenters. The number of hydrogen-bond acceptors (Lipinski definition) is 4. The summed E-state index contributed by atoms with van der Waals surface area (Å²) in [5.74, 6) is 0.118. The molecule has 1 rings (SSSR count). The lowest BCUT2D eigenvalue weighted by molar-refractivity contribution is -0.129. The highest BCUT2D eigenvalue weighted by Gasteiger charge is 2.16. The third-order valence-corrected chi connectivity index (χ3v) is 3.47. The smallest absolute Gasteiger partial charge is 0.236 e. The van der Waals surface area contributed by atoms with Crippen molar-refractivity contribution in [1.82, 2.24) is 9.80 Å². The Labute approximate surface area is 112 Å². The molecule has 0 bridgehead atoms. The summed E-state index contributed by atoms with van der Waals surface area (Å²) in [5, 5.41) is 1.89. The van der Waals surface area contributed by atoms with E-state index in [1.165, 1.54) is 11.3 Å². The fourth-order valence-electron chi connectivity index (χ4n) is 1.58. The Balaban J connectivity index is 2.57. The van der Waals surface area contributed by atoms with Crippen LogP contribution in [-0.4, -0.2) is 55.2 Å². The predicted octanol–water partition coefficient (Wildman–Crippen LogP) is 1.73. The second-order valence-corrected chi connectivity index (χ2v) is 5.35. The van der Waals surface area contributed by atoms with Crippen LogP contribution in [0.25, 0.3) is 0 Å². The van der Waals surface area contributed by atoms with Gasteiger partial charge in [-0.1, -0.05) is 13.0 Å². The Hall–Kier alpha value is -1.20. The van der Waals surface area contributed by atoms with Crippen LogP contribution in [-0.2, 0) is 4.79 Å². The van der Waals surface area contributed by atoms with Crippen molar-refractivity contribution < 1.29 is 9.59 Å². The van der Waals surface area contributed by atoms with Crippen LogP contribution in [0.5, 0.6) is 0 Å². The van der Waals surface area contributed by atoms with Crippen LogP contribution in [0.4, 0.5) is 0 Å². The Bertz CT molecular complexity index is 388. The molecule has 0 fully saturated rings. The topological polar surface area (TPSA) is 40.6 Å². The van der Waals surface area contributed by atoms with Gasteiger partial charge in [-0.15, -0.1) is 11.3 Å². The summed E-state index contributed by atoms with van der Waals surface area (Å²) in [5.41, 5.74) is 0. The molecule has 5 heteroatoms. The highest BCUT2D eigenvalue weighted by atomic mass is 32.1. The molecule has 1 amide bonds. The van der Waals surface area contributed by atoms with Crippen LogP contribution < -0.4 is 0 Å². The average Bonchev–Trinajstić information content (AvgIpc) is 2.82. The molecule has 0 atom stereocenters. The Morgan fingerprint density at radius 2 is 2.00 bits per heavy atom. The van der Waals surface area contributed by atoms with E-state index in [4.69, 9.17) is 0 Å². The highest BCUT2D eigenvalue weighted by molar-refractivity contribution is 7.12. The van der Waals surface area contributed by atoms with E-state index in [9.17, 15) is 9.59 Å². The molecule has 100 valence electrons. The van der Waals surface area contributed by atoms with Crippen molar-refractivity contribution in [3.63, 3.8) is 0 Å². The van der Waals surface area contributed by atoms with Crippen LogP contribution in [0, 0.1) is 0 Å². The number of hydrogen-bond donors (Lipinski definition) is 0. The van der Waals surface area contributed by atoms with Gasteiger partial charge in [0.15, 0.2) is 5.78 Å². The minimum Gasteiger partial charge on any atom is -0.348 e. The zero-order valence-corrected chi connectivity index (χ0v) is 12.0. The van der Waals surface area contributed by atoms with Crippen LogP contribution in [0.15, 0.2) is 17.5 Å². The fraction of sp³-hybridized carbons (Fsp3) is 0.538. The molecule has 0 aliphatic rings. The van der Waals surface area contributed by atoms with Gasteiger partial charge in [0.1, 0.15) is 0 Å². The number of amides is 1. The molecule has 18 heavy (non-hydrogen) atoms. The summed E-state index contributed by atoms with van der Waals surface area (Å²) >= 11 is 1.44. The van der Waals surface area contributed by atoms with Gasteiger partial charge in [-0.3, -0.25) is 14.5 Å². The summed E-state index contributed by atoms with van der Waals surface area (Å²) in [4.78, 5) is 27.9. The summed E-state index contributed by atoms with van der Waals surface area (Å²) < 4.78 is 0. The minimum atomic E-state index is 0.0300. The molecule has 0 saturated carbocycles. The number of ketones is 1. The predicted molar refractivity (Wildman–Crippen MR) is 74.1 cm³/mol. The van der Waals surface area contributed by atoms with Crippen LogP contribution >= 0.6 is 11.3 Å². The highest BCUT2D eigenvalue weighted by Crippen LogP contribution is 2.10. The lowest BCUT2D eigenvalue weighted by Gasteiger charge is -2.21. The van der Waals surface area contributed by atoms with Crippen LogP contribution in [0.2, 0.25) is 0 Å². The first kappa shape index (κ1) is 14.9. The van der Waals surface area contributed by atoms with E-state index in [-0.39, 0.29) is 11.7 Å². The third-order valence-electron chi connectivity index (χ3n) is 2.56. The van der Waals surface area contributed by atoms with E-state index in [1.54, 1.807) is 19.0 Å². The monoisotopic (exact) mass is 268 g/mol. The first-order valence-corrected chi connectivity index (χ1v) is 6.91. The van der Waals surface area contributed by atoms with Gasteiger partial charge in [-0.05, 0) is 24.4 Å². The Morgan fingerprint density at radius 3 is 2.50 bits per heavy atom. The molecule has 1 heterocycles. The zero-order chi connectivity index (χ0) is 13.5. The van der Waals surface area contributed by atoms with Crippen molar-refractivity contribution in [2.75, 3.05) is 33.7 Å². The van der Waals surface area contributed by atoms with Gasteiger partial charge in [0, 0.05) is 14.1 Å². The number of Topliss-reactive ketones (excluding diaryl/α,β-unsaturated/α-hetero) is 1. The normalized spacial score (nSPS) is 10.7. The maximum atomic E-state index is 12.0. The molecule has 0 saturated heterocycles. The van der Waals surface area contributed by atoms with Gasteiger partial charge < -0.3 is 4.90 Å². The Kier molecular flexibility index (Phi) is 6.01. The summed E-state index contributed by atoms with van der Waals surface area (Å²) in [6, 6.07) is 3.69. The number of likely N-dealkylation sites (N-methyl/N-ethyl adjacent to an activating group) is 1. The van der Waals surface area contributed by atoms with E-state index < -0.39 is 0 Å². The number of nitrogens with zero attached hydrogens (tertiary/aromatic N) is 2. The molecule has 4 nitrogen and oxygen atoms in total. The molecule has 0 aromatic carbocycles. The molecule has 0 aliphatic carbocycles. The lowest BCUT2D eigenvalue weighted by Crippen LogP contribution is -2.39. The molecule has 0 spiro atoms. The van der Waals surface area contributed by atoms with Gasteiger partial charge in [0.05, 0.1) is 18.0 Å². The van der Waals surface area contributed by atoms with E-state index in [0.717, 1.165) is 17.8 Å². The molecule has 1 aromatic rings. The van der Waals surface area contributed by atoms with E-state index in [1.807, 2.05) is 29.3 Å². The van der Waals surface area contributed by atoms with E-state index in [0.29, 0.717) is 13.1 Å². The third kappa shape index (κ3) is 4.58. The number of rotatable bonds is 7. The van der Waals surface area contributed by atoms with Gasteiger partial charge in [0.2, 0.25) is 5.91 Å². The summed E-state index contributed by atoms with van der Waals surface area (Å²) in [7, 11) is 3.46. The van der Waals surface area contributed by atoms with Crippen molar-refractivity contribution in [2.45, 2.75) is 13.3 Å². The minimum absolute atomic E-state index is 0.0300. The molecular formula is C13H20N2O2S. The van der Waals surface area contributed by atoms with E-state index >= 15 is 0 Å². The standard InChI is InChI=1S/C13H20N2O2S/c1-4-7-15(10-13(17)14(2)3)9-11(16)12-6-5-8-18-12/h5-6,8H,4,7,9-10H2,1-3H3. The van der Waals surface area contributed by atoms with Crippen molar-refractivity contribution in [3.05, 3.63) is 22.4 Å².